The molecule has 0 atom stereocenters. The number of allylic oxidation sites excluding steroid dienone is 4. The summed E-state index contributed by atoms with van der Waals surface area (Å²) in [5.74, 6) is 2.28. The summed E-state index contributed by atoms with van der Waals surface area (Å²) in [6.07, 6.45) is 9.95. The van der Waals surface area contributed by atoms with E-state index in [0.29, 0.717) is 4.71 Å². The van der Waals surface area contributed by atoms with Gasteiger partial charge in [0.25, 0.3) is 0 Å². The molecular weight excluding hydrogens is 409 g/mol. The van der Waals surface area contributed by atoms with Gasteiger partial charge in [-0.25, -0.2) is 0 Å². The second-order valence-electron chi connectivity index (χ2n) is 6.48. The van der Waals surface area contributed by atoms with Crippen LogP contribution in [0, 0.1) is 5.88 Å². The van der Waals surface area contributed by atoms with Gasteiger partial charge in [0, 0.05) is 25.8 Å². The van der Waals surface area contributed by atoms with Crippen molar-refractivity contribution in [3.8, 4) is 0 Å². The highest BCUT2D eigenvalue weighted by atomic mass is 32.2. The fraction of sp³-hybridized carbons (Fsp3) is 0.0952. The van der Waals surface area contributed by atoms with E-state index in [1.807, 2.05) is 47.2 Å². The molecule has 27 heavy (non-hydrogen) atoms. The molecule has 1 radical (unpaired) electrons. The van der Waals surface area contributed by atoms with Gasteiger partial charge >= 0.3 is 0 Å². The molecule has 133 valence electrons. The molecular formula is C21H15N2S4. The van der Waals surface area contributed by atoms with E-state index in [0.717, 1.165) is 6.42 Å². The van der Waals surface area contributed by atoms with Gasteiger partial charge in [0.1, 0.15) is 10.6 Å². The van der Waals surface area contributed by atoms with Gasteiger partial charge in [0.15, 0.2) is 0 Å². The number of nitrogens with zero attached hydrogens (tertiary/aromatic N) is 2. The number of hydrogen-bond acceptors (Lipinski definition) is 6. The first-order valence-electron chi connectivity index (χ1n) is 8.76. The molecule has 2 nitrogen and oxygen atoms in total. The summed E-state index contributed by atoms with van der Waals surface area (Å²) >= 11 is 7.56. The van der Waals surface area contributed by atoms with Gasteiger partial charge in [-0.1, -0.05) is 65.6 Å². The molecule has 2 aromatic carbocycles. The number of anilines is 2. The van der Waals surface area contributed by atoms with Crippen molar-refractivity contribution in [2.75, 3.05) is 9.21 Å². The number of rotatable bonds is 2. The SMILES string of the molecule is [CH]1Sc2cccc(N3C=C4CC=CC=C4S3)c2N1C1Sc2ccccc2S1. The summed E-state index contributed by atoms with van der Waals surface area (Å²) in [7, 11) is 0. The lowest BCUT2D eigenvalue weighted by Crippen LogP contribution is -2.24. The minimum atomic E-state index is 0.348. The second-order valence-corrected chi connectivity index (χ2v) is 10.9. The van der Waals surface area contributed by atoms with E-state index in [-0.39, 0.29) is 0 Å². The molecule has 0 amide bonds. The lowest BCUT2D eigenvalue weighted by Gasteiger charge is -2.28. The summed E-state index contributed by atoms with van der Waals surface area (Å²) in [4.78, 5) is 7.94. The van der Waals surface area contributed by atoms with E-state index in [1.54, 1.807) is 0 Å². The Bertz CT molecular complexity index is 1000. The maximum absolute atomic E-state index is 2.46. The first-order chi connectivity index (χ1) is 13.4. The van der Waals surface area contributed by atoms with Crippen molar-refractivity contribution in [3.63, 3.8) is 0 Å². The lowest BCUT2D eigenvalue weighted by molar-refractivity contribution is 1.09. The van der Waals surface area contributed by atoms with Gasteiger partial charge in [0.05, 0.1) is 11.4 Å². The molecule has 0 unspecified atom stereocenters. The van der Waals surface area contributed by atoms with Crippen molar-refractivity contribution >= 4 is 58.6 Å². The minimum absolute atomic E-state index is 0.348. The summed E-state index contributed by atoms with van der Waals surface area (Å²) in [6.45, 7) is 0. The molecule has 1 aliphatic carbocycles. The Hall–Kier alpha value is -1.34. The van der Waals surface area contributed by atoms with E-state index in [4.69, 9.17) is 0 Å². The van der Waals surface area contributed by atoms with E-state index < -0.39 is 0 Å². The van der Waals surface area contributed by atoms with Crippen molar-refractivity contribution in [1.82, 2.24) is 0 Å². The smallest absolute Gasteiger partial charge is 0.132 e. The molecule has 0 spiro atoms. The monoisotopic (exact) mass is 423 g/mol. The summed E-state index contributed by atoms with van der Waals surface area (Å²) in [5, 5.41) is 0. The fourth-order valence-electron chi connectivity index (χ4n) is 3.52. The molecule has 2 aromatic rings. The molecule has 0 fully saturated rings. The maximum atomic E-state index is 2.46. The Morgan fingerprint density at radius 2 is 1.74 bits per heavy atom. The fourth-order valence-corrected chi connectivity index (χ4v) is 8.42. The van der Waals surface area contributed by atoms with Gasteiger partial charge in [-0.15, -0.1) is 0 Å². The molecule has 6 rings (SSSR count). The third kappa shape index (κ3) is 2.77. The first kappa shape index (κ1) is 16.6. The maximum Gasteiger partial charge on any atom is 0.132 e. The van der Waals surface area contributed by atoms with Crippen LogP contribution in [0.1, 0.15) is 6.42 Å². The third-order valence-corrected chi connectivity index (χ3v) is 9.60. The van der Waals surface area contributed by atoms with E-state index >= 15 is 0 Å². The molecule has 0 bridgehead atoms. The van der Waals surface area contributed by atoms with Crippen LogP contribution in [0.5, 0.6) is 0 Å². The molecule has 0 N–H and O–H groups in total. The van der Waals surface area contributed by atoms with Crippen LogP contribution < -0.4 is 9.21 Å². The zero-order chi connectivity index (χ0) is 17.8. The third-order valence-electron chi connectivity index (χ3n) is 4.81. The highest BCUT2D eigenvalue weighted by Gasteiger charge is 2.36. The minimum Gasteiger partial charge on any atom is -0.332 e. The predicted octanol–water partition coefficient (Wildman–Crippen LogP) is 7.10. The highest BCUT2D eigenvalue weighted by molar-refractivity contribution is 8.19. The molecule has 6 heteroatoms. The zero-order valence-corrected chi connectivity index (χ0v) is 17.5. The van der Waals surface area contributed by atoms with Crippen LogP contribution in [-0.2, 0) is 0 Å². The van der Waals surface area contributed by atoms with Crippen LogP contribution in [0.25, 0.3) is 0 Å². The summed E-state index contributed by atoms with van der Waals surface area (Å²) < 4.78 is 2.69. The largest absolute Gasteiger partial charge is 0.332 e. The van der Waals surface area contributed by atoms with Crippen molar-refractivity contribution in [1.29, 1.82) is 0 Å². The molecule has 0 saturated heterocycles. The van der Waals surface area contributed by atoms with E-state index in [9.17, 15) is 0 Å². The first-order valence-corrected chi connectivity index (χ1v) is 12.2. The highest BCUT2D eigenvalue weighted by Crippen LogP contribution is 2.58. The van der Waals surface area contributed by atoms with Crippen LogP contribution in [0.4, 0.5) is 11.4 Å². The average Bonchev–Trinajstić information content (AvgIpc) is 3.42. The van der Waals surface area contributed by atoms with Crippen LogP contribution in [-0.4, -0.2) is 4.71 Å². The molecule has 0 aromatic heterocycles. The Kier molecular flexibility index (Phi) is 4.07. The number of benzene rings is 2. The van der Waals surface area contributed by atoms with E-state index in [1.165, 1.54) is 36.5 Å². The topological polar surface area (TPSA) is 6.48 Å². The summed E-state index contributed by atoms with van der Waals surface area (Å²) in [5.41, 5.74) is 4.02. The second kappa shape index (κ2) is 6.62. The van der Waals surface area contributed by atoms with Crippen LogP contribution >= 0.6 is 47.2 Å². The summed E-state index contributed by atoms with van der Waals surface area (Å²) in [6, 6.07) is 15.4. The molecule has 3 aliphatic heterocycles. The predicted molar refractivity (Wildman–Crippen MR) is 121 cm³/mol. The Morgan fingerprint density at radius 3 is 2.56 bits per heavy atom. The van der Waals surface area contributed by atoms with Crippen molar-refractivity contribution in [2.24, 2.45) is 0 Å². The van der Waals surface area contributed by atoms with Crippen LogP contribution in [0.3, 0.4) is 0 Å². The average molecular weight is 424 g/mol. The van der Waals surface area contributed by atoms with Gasteiger partial charge in [-0.2, -0.15) is 0 Å². The zero-order valence-electron chi connectivity index (χ0n) is 14.2. The number of thioether (sulfide) groups is 3. The van der Waals surface area contributed by atoms with Crippen molar-refractivity contribution < 1.29 is 0 Å². The van der Waals surface area contributed by atoms with Gasteiger partial charge in [-0.05, 0) is 54.3 Å². The van der Waals surface area contributed by atoms with Gasteiger partial charge in [-0.3, -0.25) is 4.31 Å². The van der Waals surface area contributed by atoms with E-state index in [2.05, 4.69) is 82.0 Å². The Labute approximate surface area is 176 Å². The van der Waals surface area contributed by atoms with Crippen molar-refractivity contribution in [3.05, 3.63) is 83.2 Å². The van der Waals surface area contributed by atoms with Crippen LogP contribution in [0.2, 0.25) is 0 Å². The molecule has 3 heterocycles. The Balaban J connectivity index is 1.36. The standard InChI is InChI=1S/C21H15N2S4/c1-2-8-16-14(6-1)12-23(27-16)15-7-5-11-19-20(15)22(13-24-19)21-25-17-9-3-4-10-18(17)26-21/h1-5,7-13,21H,6H2. The van der Waals surface area contributed by atoms with Gasteiger partial charge in [0.2, 0.25) is 0 Å². The molecule has 4 aliphatic rings. The van der Waals surface area contributed by atoms with Gasteiger partial charge < -0.3 is 4.90 Å². The van der Waals surface area contributed by atoms with Crippen LogP contribution in [0.15, 0.2) is 92.1 Å². The number of fused-ring (bicyclic) bond motifs is 3. The lowest BCUT2D eigenvalue weighted by atomic mass is 10.1. The number of hydrogen-bond donors (Lipinski definition) is 0. The molecule has 0 saturated carbocycles. The quantitative estimate of drug-likeness (QED) is 0.472. The normalized spacial score (nSPS) is 20.4. The van der Waals surface area contributed by atoms with Crippen molar-refractivity contribution in [2.45, 2.75) is 25.8 Å². The number of para-hydroxylation sites is 1. The Morgan fingerprint density at radius 1 is 0.926 bits per heavy atom.